The molecule has 0 spiro atoms. The van der Waals surface area contributed by atoms with Gasteiger partial charge in [0, 0.05) is 8.84 Å². The number of rotatable bonds is 4. The molecule has 5 heteroatoms. The second kappa shape index (κ2) is 5.82. The van der Waals surface area contributed by atoms with Crippen LogP contribution in [-0.4, -0.2) is 13.2 Å². The van der Waals surface area contributed by atoms with Gasteiger partial charge in [-0.25, -0.2) is 0 Å². The highest BCUT2D eigenvalue weighted by atomic mass is 127. The Labute approximate surface area is 102 Å². The number of ether oxygens (including phenoxy) is 1. The van der Waals surface area contributed by atoms with Gasteiger partial charge in [-0.3, -0.25) is 0 Å². The molecular formula is C10H12IN3O. The van der Waals surface area contributed by atoms with Crippen LogP contribution in [-0.2, 0) is 0 Å². The molecule has 15 heavy (non-hydrogen) atoms. The van der Waals surface area contributed by atoms with Crippen LogP contribution >= 0.6 is 22.6 Å². The summed E-state index contributed by atoms with van der Waals surface area (Å²) in [6, 6.07) is 7.73. The third-order valence-electron chi connectivity index (χ3n) is 2.09. The van der Waals surface area contributed by atoms with Gasteiger partial charge >= 0.3 is 0 Å². The monoisotopic (exact) mass is 317 g/mol. The van der Waals surface area contributed by atoms with E-state index in [4.69, 9.17) is 10.3 Å². The van der Waals surface area contributed by atoms with Crippen LogP contribution in [0, 0.1) is 0 Å². The average molecular weight is 317 g/mol. The van der Waals surface area contributed by atoms with Crippen molar-refractivity contribution in [2.24, 2.45) is 5.11 Å². The molecule has 0 aromatic heterocycles. The highest BCUT2D eigenvalue weighted by molar-refractivity contribution is 14.1. The molecule has 0 radical (unpaired) electrons. The van der Waals surface area contributed by atoms with Crippen LogP contribution in [0.2, 0.25) is 0 Å². The summed E-state index contributed by atoms with van der Waals surface area (Å²) in [5.41, 5.74) is 9.49. The zero-order valence-corrected chi connectivity index (χ0v) is 10.7. The summed E-state index contributed by atoms with van der Waals surface area (Å²) in [6.07, 6.45) is 0. The molecule has 0 N–H and O–H groups in total. The molecule has 0 heterocycles. The molecule has 0 fully saturated rings. The molecule has 1 aromatic carbocycles. The Kier molecular flexibility index (Phi) is 4.71. The lowest BCUT2D eigenvalue weighted by Crippen LogP contribution is -2.05. The topological polar surface area (TPSA) is 58.0 Å². The Morgan fingerprint density at radius 3 is 2.47 bits per heavy atom. The van der Waals surface area contributed by atoms with Gasteiger partial charge in [0.25, 0.3) is 0 Å². The van der Waals surface area contributed by atoms with Gasteiger partial charge in [-0.05, 0) is 23.2 Å². The lowest BCUT2D eigenvalue weighted by Gasteiger charge is -2.13. The van der Waals surface area contributed by atoms with Crippen LogP contribution in [0.15, 0.2) is 29.4 Å². The number of nitrogens with zero attached hydrogens (tertiary/aromatic N) is 3. The van der Waals surface area contributed by atoms with E-state index in [1.807, 2.05) is 31.2 Å². The summed E-state index contributed by atoms with van der Waals surface area (Å²) in [6.45, 7) is 1.90. The molecule has 2 unspecified atom stereocenters. The Bertz CT molecular complexity index is 359. The quantitative estimate of drug-likeness (QED) is 0.273. The molecule has 0 saturated heterocycles. The van der Waals surface area contributed by atoms with Crippen LogP contribution in [0.3, 0.4) is 0 Å². The number of hydrogen-bond donors (Lipinski definition) is 0. The largest absolute Gasteiger partial charge is 0.497 e. The predicted octanol–water partition coefficient (Wildman–Crippen LogP) is 3.87. The van der Waals surface area contributed by atoms with Gasteiger partial charge in [-0.1, -0.05) is 46.8 Å². The zero-order valence-electron chi connectivity index (χ0n) is 8.59. The van der Waals surface area contributed by atoms with E-state index in [9.17, 15) is 0 Å². The Hall–Kier alpha value is -0.940. The first kappa shape index (κ1) is 12.1. The van der Waals surface area contributed by atoms with E-state index in [0.29, 0.717) is 0 Å². The number of halogens is 1. The molecule has 0 bridgehead atoms. The van der Waals surface area contributed by atoms with Crippen LogP contribution in [0.25, 0.3) is 10.4 Å². The van der Waals surface area contributed by atoms with E-state index in [1.165, 1.54) is 0 Å². The molecule has 0 aliphatic carbocycles. The highest BCUT2D eigenvalue weighted by Crippen LogP contribution is 2.30. The van der Waals surface area contributed by atoms with Crippen LogP contribution < -0.4 is 4.74 Å². The van der Waals surface area contributed by atoms with Gasteiger partial charge in [-0.2, -0.15) is 0 Å². The molecule has 80 valence electrons. The van der Waals surface area contributed by atoms with Crippen LogP contribution in [0.1, 0.15) is 16.4 Å². The summed E-state index contributed by atoms with van der Waals surface area (Å²) in [7, 11) is 1.64. The van der Waals surface area contributed by atoms with Gasteiger partial charge in [0.1, 0.15) is 5.75 Å². The van der Waals surface area contributed by atoms with Crippen molar-refractivity contribution in [3.05, 3.63) is 40.3 Å². The maximum atomic E-state index is 8.35. The van der Waals surface area contributed by atoms with E-state index in [-0.39, 0.29) is 9.97 Å². The van der Waals surface area contributed by atoms with E-state index >= 15 is 0 Å². The summed E-state index contributed by atoms with van der Waals surface area (Å²) in [4.78, 5) is 2.81. The van der Waals surface area contributed by atoms with Crippen molar-refractivity contribution in [3.8, 4) is 5.75 Å². The summed E-state index contributed by atoms with van der Waals surface area (Å²) in [5, 5.41) is 3.69. The van der Waals surface area contributed by atoms with Gasteiger partial charge in [-0.15, -0.1) is 0 Å². The molecule has 1 rings (SSSR count). The summed E-state index contributed by atoms with van der Waals surface area (Å²) < 4.78 is 5.26. The standard InChI is InChI=1S/C10H12IN3O/c1-7(13-14-12)10(11)8-3-5-9(15-2)6-4-8/h3-7,10H,1-2H3. The van der Waals surface area contributed by atoms with Crippen molar-refractivity contribution in [2.75, 3.05) is 7.11 Å². The minimum absolute atomic E-state index is 0.0519. The first-order valence-corrected chi connectivity index (χ1v) is 5.76. The van der Waals surface area contributed by atoms with Gasteiger partial charge in [0.2, 0.25) is 0 Å². The Morgan fingerprint density at radius 2 is 2.00 bits per heavy atom. The van der Waals surface area contributed by atoms with Crippen molar-refractivity contribution >= 4 is 22.6 Å². The minimum atomic E-state index is -0.0519. The maximum Gasteiger partial charge on any atom is 0.118 e. The number of methoxy groups -OCH3 is 1. The fraction of sp³-hybridized carbons (Fsp3) is 0.400. The Morgan fingerprint density at radius 1 is 1.40 bits per heavy atom. The number of alkyl halides is 1. The van der Waals surface area contributed by atoms with E-state index in [0.717, 1.165) is 11.3 Å². The fourth-order valence-corrected chi connectivity index (χ4v) is 1.77. The molecule has 4 nitrogen and oxygen atoms in total. The van der Waals surface area contributed by atoms with Crippen molar-refractivity contribution < 1.29 is 4.74 Å². The van der Waals surface area contributed by atoms with E-state index in [2.05, 4.69) is 32.6 Å². The molecule has 0 saturated carbocycles. The normalized spacial score (nSPS) is 13.8. The zero-order chi connectivity index (χ0) is 11.3. The smallest absolute Gasteiger partial charge is 0.118 e. The summed E-state index contributed by atoms with van der Waals surface area (Å²) in [5.74, 6) is 0.832. The van der Waals surface area contributed by atoms with E-state index in [1.54, 1.807) is 7.11 Å². The Balaban J connectivity index is 2.81. The first-order valence-electron chi connectivity index (χ1n) is 4.51. The first-order chi connectivity index (χ1) is 7.19. The van der Waals surface area contributed by atoms with Crippen molar-refractivity contribution in [1.82, 2.24) is 0 Å². The van der Waals surface area contributed by atoms with Gasteiger partial charge in [0.15, 0.2) is 0 Å². The van der Waals surface area contributed by atoms with E-state index < -0.39 is 0 Å². The second-order valence-corrected chi connectivity index (χ2v) is 4.46. The SMILES string of the molecule is COc1ccc(C(I)C(C)N=[N+]=[N-])cc1. The number of hydrogen-bond acceptors (Lipinski definition) is 2. The second-order valence-electron chi connectivity index (χ2n) is 3.12. The van der Waals surface area contributed by atoms with Gasteiger partial charge < -0.3 is 4.74 Å². The molecule has 0 amide bonds. The van der Waals surface area contributed by atoms with Crippen LogP contribution in [0.5, 0.6) is 5.75 Å². The third-order valence-corrected chi connectivity index (χ3v) is 3.85. The molecule has 2 atom stereocenters. The number of benzene rings is 1. The average Bonchev–Trinajstić information content (AvgIpc) is 2.28. The van der Waals surface area contributed by atoms with Gasteiger partial charge in [0.05, 0.1) is 13.2 Å². The third kappa shape index (κ3) is 3.28. The lowest BCUT2D eigenvalue weighted by molar-refractivity contribution is 0.414. The molecule has 0 aliphatic heterocycles. The van der Waals surface area contributed by atoms with Crippen molar-refractivity contribution in [2.45, 2.75) is 16.9 Å². The molecule has 0 aliphatic rings. The predicted molar refractivity (Wildman–Crippen MR) is 68.4 cm³/mol. The lowest BCUT2D eigenvalue weighted by atomic mass is 10.1. The maximum absolute atomic E-state index is 8.35. The summed E-state index contributed by atoms with van der Waals surface area (Å²) >= 11 is 2.27. The molecule has 1 aromatic rings. The minimum Gasteiger partial charge on any atom is -0.497 e. The number of azide groups is 1. The van der Waals surface area contributed by atoms with Crippen molar-refractivity contribution in [3.63, 3.8) is 0 Å². The van der Waals surface area contributed by atoms with Crippen molar-refractivity contribution in [1.29, 1.82) is 0 Å². The van der Waals surface area contributed by atoms with Crippen LogP contribution in [0.4, 0.5) is 0 Å². The fourth-order valence-electron chi connectivity index (χ4n) is 1.21. The molecular weight excluding hydrogens is 305 g/mol. The highest BCUT2D eigenvalue weighted by Gasteiger charge is 2.14.